The number of carbonyl (C=O) groups excluding carboxylic acids is 1. The summed E-state index contributed by atoms with van der Waals surface area (Å²) in [7, 11) is 3.94. The molecule has 138 valence electrons. The van der Waals surface area contributed by atoms with Gasteiger partial charge in [-0.25, -0.2) is 9.97 Å². The lowest BCUT2D eigenvalue weighted by atomic mass is 10.1. The van der Waals surface area contributed by atoms with E-state index < -0.39 is 0 Å². The SMILES string of the molecule is CCc1ccccc1Nc1nccc(C(=O)Nc2ccc(N(C)C)cc2)n1. The third-order valence-corrected chi connectivity index (χ3v) is 4.17. The Morgan fingerprint density at radius 2 is 1.78 bits per heavy atom. The van der Waals surface area contributed by atoms with Gasteiger partial charge in [0.25, 0.3) is 5.91 Å². The van der Waals surface area contributed by atoms with Crippen LogP contribution in [-0.2, 0) is 6.42 Å². The molecule has 0 saturated heterocycles. The van der Waals surface area contributed by atoms with Gasteiger partial charge in [-0.05, 0) is 48.4 Å². The maximum atomic E-state index is 12.5. The first-order valence-electron chi connectivity index (χ1n) is 8.83. The molecule has 0 atom stereocenters. The number of para-hydroxylation sites is 1. The van der Waals surface area contributed by atoms with Crippen LogP contribution in [0.1, 0.15) is 23.0 Å². The number of aromatic nitrogens is 2. The van der Waals surface area contributed by atoms with Crippen molar-refractivity contribution in [3.05, 3.63) is 72.1 Å². The standard InChI is InChI=1S/C21H23N5O/c1-4-15-7-5-6-8-18(15)24-21-22-14-13-19(25-21)20(27)23-16-9-11-17(12-10-16)26(2)3/h5-14H,4H2,1-3H3,(H,23,27)(H,22,24,25). The topological polar surface area (TPSA) is 70.2 Å². The summed E-state index contributed by atoms with van der Waals surface area (Å²) in [6.07, 6.45) is 2.47. The highest BCUT2D eigenvalue weighted by atomic mass is 16.1. The molecule has 0 aliphatic rings. The van der Waals surface area contributed by atoms with Crippen molar-refractivity contribution in [3.63, 3.8) is 0 Å². The fraction of sp³-hybridized carbons (Fsp3) is 0.190. The first-order chi connectivity index (χ1) is 13.1. The molecule has 3 aromatic rings. The van der Waals surface area contributed by atoms with Gasteiger partial charge in [-0.3, -0.25) is 4.79 Å². The number of amides is 1. The number of benzene rings is 2. The van der Waals surface area contributed by atoms with Gasteiger partial charge in [0, 0.05) is 37.4 Å². The van der Waals surface area contributed by atoms with Crippen LogP contribution in [0.15, 0.2) is 60.8 Å². The van der Waals surface area contributed by atoms with Crippen LogP contribution < -0.4 is 15.5 Å². The fourth-order valence-corrected chi connectivity index (χ4v) is 2.65. The van der Waals surface area contributed by atoms with Gasteiger partial charge in [0.1, 0.15) is 5.69 Å². The molecule has 0 radical (unpaired) electrons. The van der Waals surface area contributed by atoms with Gasteiger partial charge in [-0.1, -0.05) is 25.1 Å². The third-order valence-electron chi connectivity index (χ3n) is 4.17. The fourth-order valence-electron chi connectivity index (χ4n) is 2.65. The van der Waals surface area contributed by atoms with Crippen molar-refractivity contribution in [3.8, 4) is 0 Å². The van der Waals surface area contributed by atoms with E-state index in [9.17, 15) is 4.79 Å². The quantitative estimate of drug-likeness (QED) is 0.692. The number of anilines is 4. The van der Waals surface area contributed by atoms with E-state index in [0.717, 1.165) is 29.0 Å². The molecule has 6 nitrogen and oxygen atoms in total. The second-order valence-electron chi connectivity index (χ2n) is 6.30. The van der Waals surface area contributed by atoms with Crippen LogP contribution in [0.5, 0.6) is 0 Å². The summed E-state index contributed by atoms with van der Waals surface area (Å²) in [5, 5.41) is 6.06. The third kappa shape index (κ3) is 4.61. The highest BCUT2D eigenvalue weighted by Crippen LogP contribution is 2.19. The van der Waals surface area contributed by atoms with Crippen molar-refractivity contribution in [2.75, 3.05) is 29.6 Å². The molecule has 2 aromatic carbocycles. The average molecular weight is 361 g/mol. The first-order valence-corrected chi connectivity index (χ1v) is 8.83. The van der Waals surface area contributed by atoms with Crippen molar-refractivity contribution in [2.45, 2.75) is 13.3 Å². The second kappa shape index (κ2) is 8.31. The summed E-state index contributed by atoms with van der Waals surface area (Å²) < 4.78 is 0. The molecule has 0 unspecified atom stereocenters. The minimum absolute atomic E-state index is 0.276. The maximum absolute atomic E-state index is 12.5. The molecular formula is C21H23N5O. The molecular weight excluding hydrogens is 338 g/mol. The number of hydrogen-bond acceptors (Lipinski definition) is 5. The Balaban J connectivity index is 1.73. The molecule has 3 rings (SSSR count). The van der Waals surface area contributed by atoms with Crippen molar-refractivity contribution in [1.82, 2.24) is 9.97 Å². The predicted octanol–water partition coefficient (Wildman–Crippen LogP) is 4.10. The van der Waals surface area contributed by atoms with E-state index in [0.29, 0.717) is 11.6 Å². The van der Waals surface area contributed by atoms with Gasteiger partial charge < -0.3 is 15.5 Å². The zero-order valence-electron chi connectivity index (χ0n) is 15.7. The normalized spacial score (nSPS) is 10.3. The summed E-state index contributed by atoms with van der Waals surface area (Å²) >= 11 is 0. The van der Waals surface area contributed by atoms with Gasteiger partial charge in [0.15, 0.2) is 0 Å². The Morgan fingerprint density at radius 3 is 2.48 bits per heavy atom. The number of nitrogens with zero attached hydrogens (tertiary/aromatic N) is 3. The Bertz CT molecular complexity index is 922. The van der Waals surface area contributed by atoms with Gasteiger partial charge in [-0.15, -0.1) is 0 Å². The molecule has 1 amide bonds. The number of aryl methyl sites for hydroxylation is 1. The molecule has 1 heterocycles. The lowest BCUT2D eigenvalue weighted by Crippen LogP contribution is -2.15. The highest BCUT2D eigenvalue weighted by Gasteiger charge is 2.10. The molecule has 0 spiro atoms. The summed E-state index contributed by atoms with van der Waals surface area (Å²) in [5.74, 6) is 0.119. The molecule has 0 bridgehead atoms. The van der Waals surface area contributed by atoms with Crippen LogP contribution in [0, 0.1) is 0 Å². The van der Waals surface area contributed by atoms with E-state index in [-0.39, 0.29) is 5.91 Å². The van der Waals surface area contributed by atoms with Crippen LogP contribution in [0.2, 0.25) is 0 Å². The van der Waals surface area contributed by atoms with E-state index in [1.807, 2.05) is 61.5 Å². The van der Waals surface area contributed by atoms with Crippen molar-refractivity contribution < 1.29 is 4.79 Å². The number of nitrogens with one attached hydrogen (secondary N) is 2. The molecule has 0 aliphatic heterocycles. The van der Waals surface area contributed by atoms with Crippen molar-refractivity contribution >= 4 is 28.9 Å². The van der Waals surface area contributed by atoms with E-state index in [1.54, 1.807) is 12.3 Å². The molecule has 2 N–H and O–H groups in total. The molecule has 0 saturated carbocycles. The number of carbonyl (C=O) groups is 1. The van der Waals surface area contributed by atoms with E-state index in [2.05, 4.69) is 33.6 Å². The lowest BCUT2D eigenvalue weighted by molar-refractivity contribution is 0.102. The van der Waals surface area contributed by atoms with Gasteiger partial charge in [0.05, 0.1) is 0 Å². The van der Waals surface area contributed by atoms with Crippen LogP contribution in [-0.4, -0.2) is 30.0 Å². The minimum atomic E-state index is -0.276. The van der Waals surface area contributed by atoms with Gasteiger partial charge in [-0.2, -0.15) is 0 Å². The van der Waals surface area contributed by atoms with E-state index in [1.165, 1.54) is 0 Å². The largest absolute Gasteiger partial charge is 0.378 e. The van der Waals surface area contributed by atoms with Crippen LogP contribution in [0.25, 0.3) is 0 Å². The van der Waals surface area contributed by atoms with Gasteiger partial charge >= 0.3 is 0 Å². The zero-order valence-corrected chi connectivity index (χ0v) is 15.7. The Hall–Kier alpha value is -3.41. The number of rotatable bonds is 6. The monoisotopic (exact) mass is 361 g/mol. The van der Waals surface area contributed by atoms with Crippen LogP contribution in [0.3, 0.4) is 0 Å². The molecule has 0 aliphatic carbocycles. The zero-order chi connectivity index (χ0) is 19.2. The molecule has 6 heteroatoms. The summed E-state index contributed by atoms with van der Waals surface area (Å²) in [6.45, 7) is 2.09. The molecule has 27 heavy (non-hydrogen) atoms. The summed E-state index contributed by atoms with van der Waals surface area (Å²) in [5.41, 5.74) is 4.19. The molecule has 0 fully saturated rings. The average Bonchev–Trinajstić information content (AvgIpc) is 2.69. The second-order valence-corrected chi connectivity index (χ2v) is 6.30. The predicted molar refractivity (Wildman–Crippen MR) is 110 cm³/mol. The van der Waals surface area contributed by atoms with Crippen molar-refractivity contribution in [1.29, 1.82) is 0 Å². The van der Waals surface area contributed by atoms with E-state index >= 15 is 0 Å². The smallest absolute Gasteiger partial charge is 0.274 e. The lowest BCUT2D eigenvalue weighted by Gasteiger charge is -2.13. The van der Waals surface area contributed by atoms with E-state index in [4.69, 9.17) is 0 Å². The van der Waals surface area contributed by atoms with Crippen LogP contribution in [0.4, 0.5) is 23.0 Å². The molecule has 1 aromatic heterocycles. The van der Waals surface area contributed by atoms with Crippen LogP contribution >= 0.6 is 0 Å². The van der Waals surface area contributed by atoms with Crippen molar-refractivity contribution in [2.24, 2.45) is 0 Å². The summed E-state index contributed by atoms with van der Waals surface area (Å²) in [6, 6.07) is 17.2. The summed E-state index contributed by atoms with van der Waals surface area (Å²) in [4.78, 5) is 23.1. The Morgan fingerprint density at radius 1 is 1.04 bits per heavy atom. The highest BCUT2D eigenvalue weighted by molar-refractivity contribution is 6.03. The maximum Gasteiger partial charge on any atom is 0.274 e. The Labute approximate surface area is 159 Å². The first kappa shape index (κ1) is 18.4. The number of hydrogen-bond donors (Lipinski definition) is 2. The van der Waals surface area contributed by atoms with Gasteiger partial charge in [0.2, 0.25) is 5.95 Å². The Kier molecular flexibility index (Phi) is 5.66. The minimum Gasteiger partial charge on any atom is -0.378 e.